The summed E-state index contributed by atoms with van der Waals surface area (Å²) in [5, 5.41) is -1.38. The number of aromatic nitrogens is 2. The van der Waals surface area contributed by atoms with Crippen molar-refractivity contribution in [3.8, 4) is 0 Å². The summed E-state index contributed by atoms with van der Waals surface area (Å²) in [4.78, 5) is 15.7. The predicted octanol–water partition coefficient (Wildman–Crippen LogP) is 2.73. The summed E-state index contributed by atoms with van der Waals surface area (Å²) in [6.07, 6.45) is -4.85. The first-order valence-electron chi connectivity index (χ1n) is 4.26. The average Bonchev–Trinajstić information content (AvgIpc) is 2.21. The van der Waals surface area contributed by atoms with Crippen molar-refractivity contribution in [2.24, 2.45) is 0 Å². The highest BCUT2D eigenvalue weighted by molar-refractivity contribution is 6.35. The standard InChI is InChI=1S/C9H3ClF4N2O/c10-6-3(11)1-2-4-5(6)7(9(12,13)14)16-8(17)15-4/h1-2H,(H,15,16,17). The van der Waals surface area contributed by atoms with Crippen LogP contribution in [0.15, 0.2) is 16.9 Å². The highest BCUT2D eigenvalue weighted by Crippen LogP contribution is 2.35. The van der Waals surface area contributed by atoms with Gasteiger partial charge in [0.05, 0.1) is 15.9 Å². The van der Waals surface area contributed by atoms with Crippen LogP contribution < -0.4 is 5.69 Å². The third-order valence-corrected chi connectivity index (χ3v) is 2.43. The topological polar surface area (TPSA) is 45.8 Å². The Morgan fingerprint density at radius 1 is 1.29 bits per heavy atom. The van der Waals surface area contributed by atoms with E-state index in [0.29, 0.717) is 0 Å². The second-order valence-corrected chi connectivity index (χ2v) is 3.55. The fourth-order valence-corrected chi connectivity index (χ4v) is 1.65. The molecule has 0 fully saturated rings. The van der Waals surface area contributed by atoms with Gasteiger partial charge < -0.3 is 4.98 Å². The van der Waals surface area contributed by atoms with Gasteiger partial charge in [-0.15, -0.1) is 0 Å². The molecular formula is C9H3ClF4N2O. The molecule has 0 saturated carbocycles. The zero-order valence-electron chi connectivity index (χ0n) is 7.90. The fourth-order valence-electron chi connectivity index (χ4n) is 1.39. The Morgan fingerprint density at radius 3 is 2.53 bits per heavy atom. The van der Waals surface area contributed by atoms with Crippen LogP contribution in [0.3, 0.4) is 0 Å². The summed E-state index contributed by atoms with van der Waals surface area (Å²) in [7, 11) is 0. The number of H-pyrrole nitrogens is 1. The first-order valence-corrected chi connectivity index (χ1v) is 4.63. The van der Waals surface area contributed by atoms with Crippen LogP contribution in [-0.2, 0) is 6.18 Å². The molecule has 0 unspecified atom stereocenters. The molecule has 0 aliphatic carbocycles. The lowest BCUT2D eigenvalue weighted by atomic mass is 10.1. The smallest absolute Gasteiger partial charge is 0.301 e. The van der Waals surface area contributed by atoms with Crippen LogP contribution in [0.4, 0.5) is 17.6 Å². The number of fused-ring (bicyclic) bond motifs is 1. The Labute approximate surface area is 96.0 Å². The third-order valence-electron chi connectivity index (χ3n) is 2.06. The first-order chi connectivity index (χ1) is 7.80. The van der Waals surface area contributed by atoms with Gasteiger partial charge in [-0.3, -0.25) is 0 Å². The summed E-state index contributed by atoms with van der Waals surface area (Å²) in [6.45, 7) is 0. The molecule has 0 aliphatic rings. The second-order valence-electron chi connectivity index (χ2n) is 3.17. The van der Waals surface area contributed by atoms with Crippen LogP contribution in [-0.4, -0.2) is 9.97 Å². The van der Waals surface area contributed by atoms with Gasteiger partial charge in [0.2, 0.25) is 0 Å². The maximum atomic E-state index is 13.1. The van der Waals surface area contributed by atoms with Crippen LogP contribution in [0.1, 0.15) is 5.69 Å². The van der Waals surface area contributed by atoms with E-state index in [1.54, 1.807) is 0 Å². The minimum Gasteiger partial charge on any atom is -0.301 e. The number of benzene rings is 1. The molecule has 1 heterocycles. The van der Waals surface area contributed by atoms with Crippen molar-refractivity contribution in [2.45, 2.75) is 6.18 Å². The quantitative estimate of drug-likeness (QED) is 0.745. The van der Waals surface area contributed by atoms with Crippen molar-refractivity contribution < 1.29 is 17.6 Å². The minimum absolute atomic E-state index is 0.313. The van der Waals surface area contributed by atoms with Crippen molar-refractivity contribution in [1.82, 2.24) is 9.97 Å². The zero-order chi connectivity index (χ0) is 12.8. The molecule has 1 aromatic carbocycles. The van der Waals surface area contributed by atoms with E-state index >= 15 is 0 Å². The third kappa shape index (κ3) is 1.97. The Kier molecular flexibility index (Phi) is 2.57. The Bertz CT molecular complexity index is 650. The van der Waals surface area contributed by atoms with Crippen LogP contribution in [0.5, 0.6) is 0 Å². The highest BCUT2D eigenvalue weighted by atomic mass is 35.5. The van der Waals surface area contributed by atoms with Gasteiger partial charge in [0, 0.05) is 0 Å². The molecule has 2 aromatic rings. The largest absolute Gasteiger partial charge is 0.432 e. The number of nitrogens with one attached hydrogen (secondary N) is 1. The minimum atomic E-state index is -4.85. The van der Waals surface area contributed by atoms with Gasteiger partial charge >= 0.3 is 11.9 Å². The molecule has 1 aromatic heterocycles. The van der Waals surface area contributed by atoms with E-state index in [2.05, 4.69) is 4.98 Å². The van der Waals surface area contributed by atoms with Gasteiger partial charge in [-0.2, -0.15) is 18.2 Å². The van der Waals surface area contributed by atoms with Gasteiger partial charge in [0.25, 0.3) is 0 Å². The van der Waals surface area contributed by atoms with Gasteiger partial charge in [0.1, 0.15) is 11.5 Å². The van der Waals surface area contributed by atoms with Crippen LogP contribution in [0.2, 0.25) is 5.02 Å². The summed E-state index contributed by atoms with van der Waals surface area (Å²) in [5.41, 5.74) is -2.89. The Balaban J connectivity index is 3.00. The summed E-state index contributed by atoms with van der Waals surface area (Å²) in [6, 6.07) is 1.80. The molecule has 0 spiro atoms. The van der Waals surface area contributed by atoms with Crippen molar-refractivity contribution in [3.63, 3.8) is 0 Å². The molecule has 90 valence electrons. The van der Waals surface area contributed by atoms with E-state index in [-0.39, 0.29) is 5.52 Å². The lowest BCUT2D eigenvalue weighted by Crippen LogP contribution is -2.19. The number of hydrogen-bond donors (Lipinski definition) is 1. The normalized spacial score (nSPS) is 12.1. The molecule has 17 heavy (non-hydrogen) atoms. The summed E-state index contributed by atoms with van der Waals surface area (Å²) < 4.78 is 51.0. The predicted molar refractivity (Wildman–Crippen MR) is 52.3 cm³/mol. The maximum Gasteiger partial charge on any atom is 0.432 e. The zero-order valence-corrected chi connectivity index (χ0v) is 8.66. The van der Waals surface area contributed by atoms with Crippen molar-refractivity contribution in [3.05, 3.63) is 39.2 Å². The van der Waals surface area contributed by atoms with Crippen LogP contribution in [0, 0.1) is 5.82 Å². The maximum absolute atomic E-state index is 13.1. The van der Waals surface area contributed by atoms with E-state index < -0.39 is 33.8 Å². The molecule has 0 aliphatic heterocycles. The molecule has 2 rings (SSSR count). The van der Waals surface area contributed by atoms with Gasteiger partial charge in [-0.05, 0) is 12.1 Å². The number of aromatic amines is 1. The van der Waals surface area contributed by atoms with Gasteiger partial charge in [0.15, 0.2) is 0 Å². The molecule has 0 bridgehead atoms. The number of halogens is 5. The van der Waals surface area contributed by atoms with Gasteiger partial charge in [-0.1, -0.05) is 11.6 Å². The highest BCUT2D eigenvalue weighted by Gasteiger charge is 2.35. The molecule has 1 N–H and O–H groups in total. The SMILES string of the molecule is O=c1nc2ccc(F)c(Cl)c2c(C(F)(F)F)[nH]1. The summed E-state index contributed by atoms with van der Waals surface area (Å²) >= 11 is 5.45. The van der Waals surface area contributed by atoms with Crippen LogP contribution >= 0.6 is 11.6 Å². The Hall–Kier alpha value is -1.63. The monoisotopic (exact) mass is 266 g/mol. The van der Waals surface area contributed by atoms with Crippen molar-refractivity contribution in [2.75, 3.05) is 0 Å². The van der Waals surface area contributed by atoms with Crippen molar-refractivity contribution >= 4 is 22.5 Å². The molecule has 0 saturated heterocycles. The fraction of sp³-hybridized carbons (Fsp3) is 0.111. The number of hydrogen-bond acceptors (Lipinski definition) is 2. The molecule has 0 radical (unpaired) electrons. The van der Waals surface area contributed by atoms with E-state index in [1.807, 2.05) is 0 Å². The van der Waals surface area contributed by atoms with E-state index in [1.165, 1.54) is 4.98 Å². The lowest BCUT2D eigenvalue weighted by molar-refractivity contribution is -0.140. The van der Waals surface area contributed by atoms with Crippen LogP contribution in [0.25, 0.3) is 10.9 Å². The molecule has 8 heteroatoms. The summed E-state index contributed by atoms with van der Waals surface area (Å²) in [5.74, 6) is -1.02. The van der Waals surface area contributed by atoms with E-state index in [0.717, 1.165) is 12.1 Å². The lowest BCUT2D eigenvalue weighted by Gasteiger charge is -2.10. The second kappa shape index (κ2) is 3.69. The molecular weight excluding hydrogens is 264 g/mol. The number of rotatable bonds is 0. The number of nitrogens with zero attached hydrogens (tertiary/aromatic N) is 1. The molecule has 0 atom stereocenters. The van der Waals surface area contributed by atoms with Crippen molar-refractivity contribution in [1.29, 1.82) is 0 Å². The molecule has 3 nitrogen and oxygen atoms in total. The Morgan fingerprint density at radius 2 is 1.94 bits per heavy atom. The van der Waals surface area contributed by atoms with Gasteiger partial charge in [-0.25, -0.2) is 9.18 Å². The van der Waals surface area contributed by atoms with E-state index in [9.17, 15) is 22.4 Å². The average molecular weight is 267 g/mol. The number of alkyl halides is 3. The molecule has 0 amide bonds. The first kappa shape index (κ1) is 11.8. The van der Waals surface area contributed by atoms with E-state index in [4.69, 9.17) is 11.6 Å².